The molecule has 7 nitrogen and oxygen atoms in total. The summed E-state index contributed by atoms with van der Waals surface area (Å²) in [4.78, 5) is 27.4. The number of fused-ring (bicyclic) bond motifs is 6. The summed E-state index contributed by atoms with van der Waals surface area (Å²) in [6.45, 7) is 0. The first-order valence-corrected chi connectivity index (χ1v) is 9.24. The van der Waals surface area contributed by atoms with Crippen LogP contribution in [0.15, 0.2) is 64.3 Å². The number of rotatable bonds is 2. The highest BCUT2D eigenvalue weighted by Gasteiger charge is 2.43. The van der Waals surface area contributed by atoms with Gasteiger partial charge in [-0.1, -0.05) is 6.08 Å². The number of carboxylic acid groups (broad SMARTS) is 1. The highest BCUT2D eigenvalue weighted by molar-refractivity contribution is 6.19. The second-order valence-corrected chi connectivity index (χ2v) is 7.31. The number of aliphatic carboxylic acids is 1. The van der Waals surface area contributed by atoms with Crippen LogP contribution < -0.4 is 10.7 Å². The van der Waals surface area contributed by atoms with Gasteiger partial charge in [-0.25, -0.2) is 4.79 Å². The molecule has 7 heteroatoms. The molecule has 8 bridgehead atoms. The molecular formula is C22H18N4O3. The average molecular weight is 386 g/mol. The van der Waals surface area contributed by atoms with E-state index in [4.69, 9.17) is 0 Å². The maximum atomic E-state index is 11.6. The van der Waals surface area contributed by atoms with Gasteiger partial charge in [-0.05, 0) is 60.7 Å². The number of H-pyrrole nitrogens is 2. The normalized spacial score (nSPS) is 23.0. The van der Waals surface area contributed by atoms with Gasteiger partial charge in [-0.3, -0.25) is 9.98 Å². The fraction of sp³-hybridized carbons (Fsp3) is 0.136. The number of aromatic amines is 2. The number of hydrogen-bond donors (Lipinski definition) is 4. The summed E-state index contributed by atoms with van der Waals surface area (Å²) in [5.41, 5.74) is 2.58. The smallest absolute Gasteiger partial charge is 0.335 e. The van der Waals surface area contributed by atoms with Crippen molar-refractivity contribution in [1.29, 1.82) is 0 Å². The summed E-state index contributed by atoms with van der Waals surface area (Å²) in [6, 6.07) is 7.84. The minimum absolute atomic E-state index is 0.182. The van der Waals surface area contributed by atoms with Crippen molar-refractivity contribution in [1.82, 2.24) is 9.97 Å². The number of carboxylic acids is 1. The van der Waals surface area contributed by atoms with E-state index in [1.807, 2.05) is 54.6 Å². The molecule has 0 aliphatic carbocycles. The molecular weight excluding hydrogens is 368 g/mol. The Morgan fingerprint density at radius 1 is 1.00 bits per heavy atom. The lowest BCUT2D eigenvalue weighted by Crippen LogP contribution is -2.44. The summed E-state index contributed by atoms with van der Waals surface area (Å²) in [7, 11) is 0. The molecule has 2 aromatic heterocycles. The van der Waals surface area contributed by atoms with Gasteiger partial charge < -0.3 is 20.2 Å². The zero-order valence-electron chi connectivity index (χ0n) is 15.3. The van der Waals surface area contributed by atoms with E-state index in [0.29, 0.717) is 11.4 Å². The second kappa shape index (κ2) is 6.42. The topological polar surface area (TPSA) is 114 Å². The first-order chi connectivity index (χ1) is 14.0. The molecule has 0 saturated heterocycles. The van der Waals surface area contributed by atoms with Crippen LogP contribution in [0.5, 0.6) is 0 Å². The Balaban J connectivity index is 1.69. The van der Waals surface area contributed by atoms with Crippen molar-refractivity contribution in [2.45, 2.75) is 18.1 Å². The second-order valence-electron chi connectivity index (χ2n) is 7.31. The van der Waals surface area contributed by atoms with E-state index in [2.05, 4.69) is 20.0 Å². The number of allylic oxidation sites excluding steroid dienone is 3. The maximum Gasteiger partial charge on any atom is 0.335 e. The molecule has 0 spiro atoms. The quantitative estimate of drug-likeness (QED) is 0.615. The van der Waals surface area contributed by atoms with Crippen molar-refractivity contribution in [2.75, 3.05) is 0 Å². The van der Waals surface area contributed by atoms with E-state index in [0.717, 1.165) is 27.8 Å². The number of nitrogens with zero attached hydrogens (tertiary/aromatic N) is 2. The van der Waals surface area contributed by atoms with E-state index in [1.54, 1.807) is 12.2 Å². The summed E-state index contributed by atoms with van der Waals surface area (Å²) in [5.74, 6) is -1.32. The highest BCUT2D eigenvalue weighted by Crippen LogP contribution is 2.31. The van der Waals surface area contributed by atoms with Crippen LogP contribution in [-0.2, 0) is 4.79 Å². The van der Waals surface area contributed by atoms with Crippen molar-refractivity contribution in [3.05, 3.63) is 76.4 Å². The van der Waals surface area contributed by atoms with Crippen LogP contribution in [0, 0.1) is 0 Å². The maximum absolute atomic E-state index is 11.6. The van der Waals surface area contributed by atoms with Gasteiger partial charge in [0.05, 0.1) is 11.4 Å². The fourth-order valence-corrected chi connectivity index (χ4v) is 3.76. The van der Waals surface area contributed by atoms with Crippen molar-refractivity contribution in [2.24, 2.45) is 9.98 Å². The number of hydrogen-bond acceptors (Lipinski definition) is 4. The van der Waals surface area contributed by atoms with Crippen LogP contribution in [0.25, 0.3) is 18.2 Å². The Morgan fingerprint density at radius 2 is 1.76 bits per heavy atom. The van der Waals surface area contributed by atoms with E-state index < -0.39 is 17.6 Å². The lowest BCUT2D eigenvalue weighted by atomic mass is 9.87. The first-order valence-electron chi connectivity index (χ1n) is 9.24. The summed E-state index contributed by atoms with van der Waals surface area (Å²) >= 11 is 0. The van der Waals surface area contributed by atoms with Crippen LogP contribution >= 0.6 is 0 Å². The van der Waals surface area contributed by atoms with Gasteiger partial charge in [0.25, 0.3) is 0 Å². The molecule has 0 aromatic carbocycles. The van der Waals surface area contributed by atoms with Crippen LogP contribution in [0.1, 0.15) is 17.8 Å². The number of aliphatic imine (C=N–C) groups is 2. The van der Waals surface area contributed by atoms with E-state index in [9.17, 15) is 15.0 Å². The van der Waals surface area contributed by atoms with Gasteiger partial charge in [0, 0.05) is 34.2 Å². The van der Waals surface area contributed by atoms with Crippen molar-refractivity contribution >= 4 is 35.6 Å². The zero-order chi connectivity index (χ0) is 20.0. The molecule has 3 aliphatic heterocycles. The molecule has 29 heavy (non-hydrogen) atoms. The third-order valence-electron chi connectivity index (χ3n) is 5.15. The molecule has 5 heterocycles. The third-order valence-corrected chi connectivity index (χ3v) is 5.15. The summed E-state index contributed by atoms with van der Waals surface area (Å²) in [5, 5.41) is 21.6. The fourth-order valence-electron chi connectivity index (χ4n) is 3.76. The predicted octanol–water partition coefficient (Wildman–Crippen LogP) is 0.903. The Hall–Kier alpha value is -3.71. The first kappa shape index (κ1) is 17.4. The standard InChI is InChI=1S/C22H18N4O3/c27-20(21(28)29)22-8-7-18(26-22)11-17-4-3-14(24-17)9-13-1-2-15(23-13)10-16-5-6-19(12-22)25-16/h1-11,20,23-24,27H,12H2,(H,28,29). The van der Waals surface area contributed by atoms with Crippen molar-refractivity contribution < 1.29 is 15.0 Å². The molecule has 3 aliphatic rings. The van der Waals surface area contributed by atoms with E-state index >= 15 is 0 Å². The Bertz CT molecular complexity index is 1290. The van der Waals surface area contributed by atoms with Crippen LogP contribution in [0.4, 0.5) is 0 Å². The van der Waals surface area contributed by atoms with Gasteiger partial charge in [-0.15, -0.1) is 0 Å². The summed E-state index contributed by atoms with van der Waals surface area (Å²) in [6.07, 6.45) is 11.3. The van der Waals surface area contributed by atoms with E-state index in [1.165, 1.54) is 0 Å². The van der Waals surface area contributed by atoms with Crippen molar-refractivity contribution in [3.8, 4) is 0 Å². The van der Waals surface area contributed by atoms with Crippen LogP contribution in [0.2, 0.25) is 0 Å². The molecule has 0 amide bonds. The Labute approximate surface area is 165 Å². The van der Waals surface area contributed by atoms with Gasteiger partial charge in [0.1, 0.15) is 5.54 Å². The van der Waals surface area contributed by atoms with Gasteiger partial charge in [0.2, 0.25) is 0 Å². The lowest BCUT2D eigenvalue weighted by molar-refractivity contribution is -0.149. The molecule has 2 atom stereocenters. The zero-order valence-corrected chi connectivity index (χ0v) is 15.3. The van der Waals surface area contributed by atoms with Crippen LogP contribution in [0.3, 0.4) is 0 Å². The predicted molar refractivity (Wildman–Crippen MR) is 111 cm³/mol. The molecule has 144 valence electrons. The molecule has 5 rings (SSSR count). The number of aliphatic hydroxyl groups is 1. The van der Waals surface area contributed by atoms with Gasteiger partial charge >= 0.3 is 5.97 Å². The molecule has 0 saturated carbocycles. The molecule has 4 N–H and O–H groups in total. The largest absolute Gasteiger partial charge is 0.479 e. The van der Waals surface area contributed by atoms with Gasteiger partial charge in [0.15, 0.2) is 6.10 Å². The molecule has 2 aromatic rings. The Morgan fingerprint density at radius 3 is 2.55 bits per heavy atom. The van der Waals surface area contributed by atoms with Crippen LogP contribution in [-0.4, -0.2) is 49.2 Å². The highest BCUT2D eigenvalue weighted by atomic mass is 16.4. The number of nitrogens with one attached hydrogen (secondary N) is 2. The minimum Gasteiger partial charge on any atom is -0.479 e. The number of aliphatic hydroxyl groups excluding tert-OH is 1. The molecule has 0 radical (unpaired) electrons. The SMILES string of the molecule is O=C(O)C(O)C12C=CC(=N1)C=c1ccc([nH]1)=Cc1ccc([nH]1)C=C1C=CC(=N1)C2. The number of carbonyl (C=O) groups is 1. The minimum atomic E-state index is -1.67. The van der Waals surface area contributed by atoms with Gasteiger partial charge in [-0.2, -0.15) is 0 Å². The molecule has 0 fully saturated rings. The number of aromatic nitrogens is 2. The lowest BCUT2D eigenvalue weighted by Gasteiger charge is -2.26. The van der Waals surface area contributed by atoms with Crippen molar-refractivity contribution in [3.63, 3.8) is 0 Å². The molecule has 2 unspecified atom stereocenters. The summed E-state index contributed by atoms with van der Waals surface area (Å²) < 4.78 is 0. The average Bonchev–Trinajstić information content (AvgIpc) is 3.46. The Kier molecular flexibility index (Phi) is 3.85. The monoisotopic (exact) mass is 386 g/mol. The third kappa shape index (κ3) is 3.21. The van der Waals surface area contributed by atoms with E-state index in [-0.39, 0.29) is 6.42 Å².